The van der Waals surface area contributed by atoms with Crippen LogP contribution in [-0.4, -0.2) is 35.8 Å². The number of nitrogens with zero attached hydrogens (tertiary/aromatic N) is 1. The number of nitro groups is 1. The molecule has 2 N–H and O–H groups in total. The molecule has 0 amide bonds. The maximum atomic E-state index is 11.1. The van der Waals surface area contributed by atoms with Crippen LogP contribution in [0, 0.1) is 10.1 Å². The molecule has 0 saturated heterocycles. The number of nitro benzene ring substituents is 1. The lowest BCUT2D eigenvalue weighted by atomic mass is 10.1. The molecule has 7 nitrogen and oxygen atoms in total. The van der Waals surface area contributed by atoms with Gasteiger partial charge in [0.15, 0.2) is 0 Å². The number of benzene rings is 1. The predicted octanol–water partition coefficient (Wildman–Crippen LogP) is 2.78. The van der Waals surface area contributed by atoms with Crippen LogP contribution in [0.25, 0.3) is 0 Å². The number of aromatic carboxylic acids is 1. The van der Waals surface area contributed by atoms with E-state index in [1.807, 2.05) is 6.92 Å². The Hall–Kier alpha value is -1.86. The highest BCUT2D eigenvalue weighted by molar-refractivity contribution is 6.34. The van der Waals surface area contributed by atoms with Gasteiger partial charge in [0, 0.05) is 31.9 Å². The van der Waals surface area contributed by atoms with Crippen LogP contribution in [0.4, 0.5) is 11.4 Å². The zero-order valence-electron chi connectivity index (χ0n) is 10.9. The van der Waals surface area contributed by atoms with Crippen LogP contribution in [0.1, 0.15) is 23.7 Å². The van der Waals surface area contributed by atoms with Gasteiger partial charge >= 0.3 is 5.97 Å². The largest absolute Gasteiger partial charge is 0.478 e. The van der Waals surface area contributed by atoms with Crippen LogP contribution in [0.5, 0.6) is 0 Å². The smallest absolute Gasteiger partial charge is 0.338 e. The maximum Gasteiger partial charge on any atom is 0.338 e. The quantitative estimate of drug-likeness (QED) is 0.435. The Balaban J connectivity index is 2.88. The summed E-state index contributed by atoms with van der Waals surface area (Å²) in [7, 11) is 0. The molecular formula is C12H15ClN2O5. The molecule has 0 aromatic heterocycles. The van der Waals surface area contributed by atoms with E-state index in [4.69, 9.17) is 21.4 Å². The predicted molar refractivity (Wildman–Crippen MR) is 74.7 cm³/mol. The molecule has 1 rings (SSSR count). The van der Waals surface area contributed by atoms with Gasteiger partial charge in [-0.15, -0.1) is 0 Å². The van der Waals surface area contributed by atoms with Crippen molar-refractivity contribution in [2.45, 2.75) is 13.3 Å². The fourth-order valence-electron chi connectivity index (χ4n) is 1.58. The second kappa shape index (κ2) is 7.66. The average molecular weight is 303 g/mol. The first-order valence-electron chi connectivity index (χ1n) is 6.00. The molecule has 0 aliphatic heterocycles. The molecule has 0 radical (unpaired) electrons. The number of carboxylic acid groups (broad SMARTS) is 1. The van der Waals surface area contributed by atoms with Crippen molar-refractivity contribution >= 4 is 28.9 Å². The number of hydrogen-bond donors (Lipinski definition) is 2. The van der Waals surface area contributed by atoms with Crippen molar-refractivity contribution in [1.29, 1.82) is 0 Å². The average Bonchev–Trinajstić information content (AvgIpc) is 2.39. The summed E-state index contributed by atoms with van der Waals surface area (Å²) in [6.07, 6.45) is 0.667. The second-order valence-electron chi connectivity index (χ2n) is 3.89. The lowest BCUT2D eigenvalue weighted by molar-refractivity contribution is -0.384. The summed E-state index contributed by atoms with van der Waals surface area (Å²) >= 11 is 5.90. The van der Waals surface area contributed by atoms with Crippen molar-refractivity contribution in [3.63, 3.8) is 0 Å². The first-order chi connectivity index (χ1) is 9.47. The van der Waals surface area contributed by atoms with Crippen LogP contribution in [0.15, 0.2) is 12.1 Å². The van der Waals surface area contributed by atoms with Crippen molar-refractivity contribution in [2.75, 3.05) is 25.1 Å². The molecule has 0 spiro atoms. The lowest BCUT2D eigenvalue weighted by Crippen LogP contribution is -2.11. The van der Waals surface area contributed by atoms with E-state index in [0.717, 1.165) is 12.1 Å². The molecule has 1 aromatic rings. The summed E-state index contributed by atoms with van der Waals surface area (Å²) in [5, 5.41) is 22.7. The zero-order chi connectivity index (χ0) is 15.1. The van der Waals surface area contributed by atoms with Crippen LogP contribution in [-0.2, 0) is 4.74 Å². The number of non-ortho nitro benzene ring substituents is 1. The number of rotatable bonds is 8. The van der Waals surface area contributed by atoms with E-state index in [-0.39, 0.29) is 22.0 Å². The van der Waals surface area contributed by atoms with Crippen LogP contribution >= 0.6 is 11.6 Å². The molecule has 8 heteroatoms. The first kappa shape index (κ1) is 16.2. The summed E-state index contributed by atoms with van der Waals surface area (Å²) in [4.78, 5) is 21.1. The number of halogens is 1. The Bertz CT molecular complexity index is 507. The molecule has 0 aliphatic rings. The van der Waals surface area contributed by atoms with E-state index in [2.05, 4.69) is 5.32 Å². The fourth-order valence-corrected chi connectivity index (χ4v) is 1.86. The highest BCUT2D eigenvalue weighted by Crippen LogP contribution is 2.31. The van der Waals surface area contributed by atoms with Gasteiger partial charge < -0.3 is 15.2 Å². The van der Waals surface area contributed by atoms with Crippen LogP contribution in [0.3, 0.4) is 0 Å². The van der Waals surface area contributed by atoms with E-state index in [1.165, 1.54) is 0 Å². The fraction of sp³-hybridized carbons (Fsp3) is 0.417. The molecule has 0 fully saturated rings. The van der Waals surface area contributed by atoms with E-state index in [0.29, 0.717) is 26.2 Å². The molecule has 0 bridgehead atoms. The Morgan fingerprint density at radius 2 is 2.25 bits per heavy atom. The number of nitrogens with one attached hydrogen (secondary N) is 1. The van der Waals surface area contributed by atoms with Gasteiger partial charge in [0.1, 0.15) is 0 Å². The topological polar surface area (TPSA) is 102 Å². The van der Waals surface area contributed by atoms with E-state index < -0.39 is 10.9 Å². The summed E-state index contributed by atoms with van der Waals surface area (Å²) in [6.45, 7) is 3.48. The van der Waals surface area contributed by atoms with Gasteiger partial charge in [-0.25, -0.2) is 4.79 Å². The number of ether oxygens (including phenoxy) is 1. The monoisotopic (exact) mass is 302 g/mol. The van der Waals surface area contributed by atoms with E-state index >= 15 is 0 Å². The molecule has 0 aliphatic carbocycles. The molecular weight excluding hydrogens is 288 g/mol. The van der Waals surface area contributed by atoms with Crippen LogP contribution < -0.4 is 5.32 Å². The standard InChI is InChI=1S/C12H15ClN2O5/c1-2-20-5-3-4-14-11-9(12(16)17)6-8(15(18)19)7-10(11)13/h6-7,14H,2-5H2,1H3,(H,16,17). The first-order valence-corrected chi connectivity index (χ1v) is 6.38. The number of hydrogen-bond acceptors (Lipinski definition) is 5. The number of carboxylic acids is 1. The molecule has 1 aromatic carbocycles. The van der Waals surface area contributed by atoms with Gasteiger partial charge in [-0.2, -0.15) is 0 Å². The van der Waals surface area contributed by atoms with Gasteiger partial charge in [-0.1, -0.05) is 11.6 Å². The number of carbonyl (C=O) groups is 1. The van der Waals surface area contributed by atoms with Crippen molar-refractivity contribution in [1.82, 2.24) is 0 Å². The van der Waals surface area contributed by atoms with Gasteiger partial charge in [-0.05, 0) is 13.3 Å². The minimum atomic E-state index is -1.28. The third kappa shape index (κ3) is 4.36. The van der Waals surface area contributed by atoms with Gasteiger partial charge in [0.05, 0.1) is 21.2 Å². The SMILES string of the molecule is CCOCCCNc1c(Cl)cc([N+](=O)[O-])cc1C(=O)O. The Labute approximate surface area is 120 Å². The third-order valence-electron chi connectivity index (χ3n) is 2.49. The van der Waals surface area contributed by atoms with E-state index in [1.54, 1.807) is 0 Å². The molecule has 0 saturated carbocycles. The van der Waals surface area contributed by atoms with E-state index in [9.17, 15) is 14.9 Å². The van der Waals surface area contributed by atoms with Gasteiger partial charge in [-0.3, -0.25) is 10.1 Å². The minimum absolute atomic E-state index is 0.00742. The van der Waals surface area contributed by atoms with Gasteiger partial charge in [0.25, 0.3) is 5.69 Å². The minimum Gasteiger partial charge on any atom is -0.478 e. The third-order valence-corrected chi connectivity index (χ3v) is 2.79. The summed E-state index contributed by atoms with van der Waals surface area (Å²) in [5.74, 6) is -1.28. The van der Waals surface area contributed by atoms with Crippen molar-refractivity contribution < 1.29 is 19.6 Å². The molecule has 20 heavy (non-hydrogen) atoms. The maximum absolute atomic E-state index is 11.1. The van der Waals surface area contributed by atoms with Gasteiger partial charge in [0.2, 0.25) is 0 Å². The highest BCUT2D eigenvalue weighted by atomic mass is 35.5. The Kier molecular flexibility index (Phi) is 6.20. The normalized spacial score (nSPS) is 10.3. The Morgan fingerprint density at radius 3 is 2.80 bits per heavy atom. The molecule has 0 atom stereocenters. The van der Waals surface area contributed by atoms with Crippen molar-refractivity contribution in [3.8, 4) is 0 Å². The molecule has 0 heterocycles. The molecule has 110 valence electrons. The number of anilines is 1. The summed E-state index contributed by atoms with van der Waals surface area (Å²) < 4.78 is 5.15. The van der Waals surface area contributed by atoms with Crippen molar-refractivity contribution in [2.24, 2.45) is 0 Å². The van der Waals surface area contributed by atoms with Crippen molar-refractivity contribution in [3.05, 3.63) is 32.8 Å². The second-order valence-corrected chi connectivity index (χ2v) is 4.30. The van der Waals surface area contributed by atoms with Crippen LogP contribution in [0.2, 0.25) is 5.02 Å². The summed E-state index contributed by atoms with van der Waals surface area (Å²) in [6, 6.07) is 2.11. The Morgan fingerprint density at radius 1 is 1.55 bits per heavy atom. The molecule has 0 unspecified atom stereocenters. The lowest BCUT2D eigenvalue weighted by Gasteiger charge is -2.11. The zero-order valence-corrected chi connectivity index (χ0v) is 11.6. The highest BCUT2D eigenvalue weighted by Gasteiger charge is 2.19. The summed E-state index contributed by atoms with van der Waals surface area (Å²) in [5.41, 5.74) is -0.394.